The second-order valence-electron chi connectivity index (χ2n) is 8.08. The standard InChI is InChI=1S/C21H34N2O.ClH/c1-5-22-16-18-12-14-23(15-13-18)20(24)11-8-17-6-9-19(10-7-17)21(2,3)4;/h6-7,9-10,18,22H,5,8,11-16H2,1-4H3;1H. The monoisotopic (exact) mass is 366 g/mol. The fraction of sp³-hybridized carbons (Fsp3) is 0.667. The van der Waals surface area contributed by atoms with Crippen LogP contribution in [0, 0.1) is 5.92 Å². The van der Waals surface area contributed by atoms with Gasteiger partial charge >= 0.3 is 0 Å². The number of aryl methyl sites for hydroxylation is 1. The van der Waals surface area contributed by atoms with Crippen LogP contribution in [0.25, 0.3) is 0 Å². The van der Waals surface area contributed by atoms with Crippen LogP contribution in [0.3, 0.4) is 0 Å². The summed E-state index contributed by atoms with van der Waals surface area (Å²) in [6.07, 6.45) is 3.76. The van der Waals surface area contributed by atoms with Crippen molar-refractivity contribution in [3.8, 4) is 0 Å². The maximum Gasteiger partial charge on any atom is 0.222 e. The van der Waals surface area contributed by atoms with Crippen molar-refractivity contribution in [2.75, 3.05) is 26.2 Å². The molecule has 1 aromatic carbocycles. The van der Waals surface area contributed by atoms with Crippen LogP contribution in [0.4, 0.5) is 0 Å². The van der Waals surface area contributed by atoms with E-state index in [4.69, 9.17) is 0 Å². The third-order valence-corrected chi connectivity index (χ3v) is 5.10. The molecule has 0 aromatic heterocycles. The van der Waals surface area contributed by atoms with Crippen LogP contribution in [-0.4, -0.2) is 37.0 Å². The van der Waals surface area contributed by atoms with Gasteiger partial charge in [0.2, 0.25) is 5.91 Å². The number of benzene rings is 1. The molecule has 0 aliphatic carbocycles. The van der Waals surface area contributed by atoms with Crippen molar-refractivity contribution in [2.24, 2.45) is 5.92 Å². The molecule has 1 amide bonds. The smallest absolute Gasteiger partial charge is 0.222 e. The van der Waals surface area contributed by atoms with Crippen molar-refractivity contribution < 1.29 is 4.79 Å². The number of halogens is 1. The summed E-state index contributed by atoms with van der Waals surface area (Å²) in [5.41, 5.74) is 2.80. The first kappa shape index (κ1) is 22.0. The quantitative estimate of drug-likeness (QED) is 0.818. The summed E-state index contributed by atoms with van der Waals surface area (Å²) in [5.74, 6) is 1.05. The molecule has 1 saturated heterocycles. The van der Waals surface area contributed by atoms with Crippen molar-refractivity contribution in [3.05, 3.63) is 35.4 Å². The second kappa shape index (κ2) is 10.2. The number of hydrogen-bond donors (Lipinski definition) is 1. The molecule has 1 fully saturated rings. The minimum atomic E-state index is 0. The first-order chi connectivity index (χ1) is 11.4. The highest BCUT2D eigenvalue weighted by atomic mass is 35.5. The second-order valence-corrected chi connectivity index (χ2v) is 8.08. The Morgan fingerprint density at radius 1 is 1.16 bits per heavy atom. The lowest BCUT2D eigenvalue weighted by molar-refractivity contribution is -0.132. The number of hydrogen-bond acceptors (Lipinski definition) is 2. The van der Waals surface area contributed by atoms with Gasteiger partial charge in [0.25, 0.3) is 0 Å². The van der Waals surface area contributed by atoms with Crippen LogP contribution < -0.4 is 5.32 Å². The average molecular weight is 367 g/mol. The zero-order chi connectivity index (χ0) is 17.6. The molecular weight excluding hydrogens is 332 g/mol. The molecule has 3 nitrogen and oxygen atoms in total. The largest absolute Gasteiger partial charge is 0.343 e. The fourth-order valence-corrected chi connectivity index (χ4v) is 3.32. The Bertz CT molecular complexity index is 514. The Morgan fingerprint density at radius 2 is 1.76 bits per heavy atom. The van der Waals surface area contributed by atoms with E-state index in [-0.39, 0.29) is 17.8 Å². The summed E-state index contributed by atoms with van der Waals surface area (Å²) in [6.45, 7) is 12.8. The molecule has 1 N–H and O–H groups in total. The van der Waals surface area contributed by atoms with Gasteiger partial charge in [-0.05, 0) is 54.8 Å². The summed E-state index contributed by atoms with van der Waals surface area (Å²) in [6, 6.07) is 8.76. The van der Waals surface area contributed by atoms with E-state index in [1.54, 1.807) is 0 Å². The first-order valence-corrected chi connectivity index (χ1v) is 9.48. The van der Waals surface area contributed by atoms with Gasteiger partial charge < -0.3 is 10.2 Å². The molecule has 1 aromatic rings. The maximum absolute atomic E-state index is 12.4. The Labute approximate surface area is 160 Å². The zero-order valence-electron chi connectivity index (χ0n) is 16.3. The van der Waals surface area contributed by atoms with E-state index in [1.165, 1.54) is 11.1 Å². The number of nitrogens with one attached hydrogen (secondary N) is 1. The molecule has 1 aliphatic rings. The highest BCUT2D eigenvalue weighted by Crippen LogP contribution is 2.23. The Hall–Kier alpha value is -1.06. The molecule has 25 heavy (non-hydrogen) atoms. The van der Waals surface area contributed by atoms with E-state index < -0.39 is 0 Å². The lowest BCUT2D eigenvalue weighted by Crippen LogP contribution is -2.40. The van der Waals surface area contributed by atoms with E-state index in [1.807, 2.05) is 0 Å². The summed E-state index contributed by atoms with van der Waals surface area (Å²) >= 11 is 0. The SMILES string of the molecule is CCNCC1CCN(C(=O)CCc2ccc(C(C)(C)C)cc2)CC1.Cl. The lowest BCUT2D eigenvalue weighted by Gasteiger charge is -2.32. The number of carbonyl (C=O) groups is 1. The normalized spacial score (nSPS) is 15.8. The van der Waals surface area contributed by atoms with Crippen LogP contribution in [0.1, 0.15) is 58.1 Å². The Balaban J connectivity index is 0.00000312. The van der Waals surface area contributed by atoms with Gasteiger partial charge in [0, 0.05) is 19.5 Å². The molecule has 4 heteroatoms. The lowest BCUT2D eigenvalue weighted by atomic mass is 9.86. The molecule has 0 saturated carbocycles. The van der Waals surface area contributed by atoms with Crippen LogP contribution >= 0.6 is 12.4 Å². The van der Waals surface area contributed by atoms with Crippen molar-refractivity contribution in [3.63, 3.8) is 0 Å². The van der Waals surface area contributed by atoms with Crippen molar-refractivity contribution in [1.29, 1.82) is 0 Å². The van der Waals surface area contributed by atoms with Crippen LogP contribution in [0.5, 0.6) is 0 Å². The van der Waals surface area contributed by atoms with Gasteiger partial charge in [0.15, 0.2) is 0 Å². The summed E-state index contributed by atoms with van der Waals surface area (Å²) in [4.78, 5) is 14.5. The number of rotatable bonds is 6. The molecular formula is C21H35ClN2O. The molecule has 0 atom stereocenters. The fourth-order valence-electron chi connectivity index (χ4n) is 3.32. The number of likely N-dealkylation sites (tertiary alicyclic amines) is 1. The third-order valence-electron chi connectivity index (χ3n) is 5.10. The predicted octanol–water partition coefficient (Wildman–Crippen LogP) is 4.19. The number of nitrogens with zero attached hydrogens (tertiary/aromatic N) is 1. The van der Waals surface area contributed by atoms with Crippen molar-refractivity contribution in [1.82, 2.24) is 10.2 Å². The van der Waals surface area contributed by atoms with Crippen LogP contribution in [0.2, 0.25) is 0 Å². The molecule has 0 unspecified atom stereocenters. The Morgan fingerprint density at radius 3 is 2.28 bits per heavy atom. The van der Waals surface area contributed by atoms with Gasteiger partial charge in [-0.15, -0.1) is 12.4 Å². The Kier molecular flexibility index (Phi) is 8.95. The molecule has 0 radical (unpaired) electrons. The van der Waals surface area contributed by atoms with E-state index >= 15 is 0 Å². The molecule has 1 heterocycles. The third kappa shape index (κ3) is 6.99. The van der Waals surface area contributed by atoms with E-state index in [9.17, 15) is 4.79 Å². The average Bonchev–Trinajstić information content (AvgIpc) is 2.58. The van der Waals surface area contributed by atoms with Crippen LogP contribution in [-0.2, 0) is 16.6 Å². The van der Waals surface area contributed by atoms with E-state index in [0.717, 1.165) is 51.4 Å². The van der Waals surface area contributed by atoms with Crippen LogP contribution in [0.15, 0.2) is 24.3 Å². The van der Waals surface area contributed by atoms with Gasteiger partial charge in [-0.1, -0.05) is 52.0 Å². The topological polar surface area (TPSA) is 32.3 Å². The van der Waals surface area contributed by atoms with E-state index in [0.29, 0.717) is 12.3 Å². The van der Waals surface area contributed by atoms with Crippen molar-refractivity contribution in [2.45, 2.75) is 58.8 Å². The number of piperidine rings is 1. The number of amides is 1. The van der Waals surface area contributed by atoms with Crippen molar-refractivity contribution >= 4 is 18.3 Å². The predicted molar refractivity (Wildman–Crippen MR) is 109 cm³/mol. The molecule has 142 valence electrons. The first-order valence-electron chi connectivity index (χ1n) is 9.48. The van der Waals surface area contributed by atoms with Gasteiger partial charge in [-0.2, -0.15) is 0 Å². The minimum Gasteiger partial charge on any atom is -0.343 e. The highest BCUT2D eigenvalue weighted by molar-refractivity contribution is 5.85. The van der Waals surface area contributed by atoms with Gasteiger partial charge in [-0.3, -0.25) is 4.79 Å². The van der Waals surface area contributed by atoms with Gasteiger partial charge in [0.1, 0.15) is 0 Å². The van der Waals surface area contributed by atoms with E-state index in [2.05, 4.69) is 62.2 Å². The summed E-state index contributed by atoms with van der Waals surface area (Å²) < 4.78 is 0. The van der Waals surface area contributed by atoms with Gasteiger partial charge in [-0.25, -0.2) is 0 Å². The number of carbonyl (C=O) groups excluding carboxylic acids is 1. The molecule has 0 spiro atoms. The molecule has 0 bridgehead atoms. The minimum absolute atomic E-state index is 0. The zero-order valence-corrected chi connectivity index (χ0v) is 17.1. The highest BCUT2D eigenvalue weighted by Gasteiger charge is 2.22. The molecule has 2 rings (SSSR count). The van der Waals surface area contributed by atoms with Gasteiger partial charge in [0.05, 0.1) is 0 Å². The summed E-state index contributed by atoms with van der Waals surface area (Å²) in [5, 5.41) is 3.42. The summed E-state index contributed by atoms with van der Waals surface area (Å²) in [7, 11) is 0. The molecule has 1 aliphatic heterocycles. The maximum atomic E-state index is 12.4.